The van der Waals surface area contributed by atoms with E-state index in [2.05, 4.69) is 50.8 Å². The largest absolute Gasteiger partial charge is 0.339 e. The third-order valence-corrected chi connectivity index (χ3v) is 8.51. The van der Waals surface area contributed by atoms with E-state index in [1.54, 1.807) is 23.1 Å². The van der Waals surface area contributed by atoms with Crippen LogP contribution in [0.5, 0.6) is 0 Å². The van der Waals surface area contributed by atoms with Gasteiger partial charge in [0.05, 0.1) is 6.54 Å². The molecule has 1 heterocycles. The second-order valence-electron chi connectivity index (χ2n) is 10.2. The van der Waals surface area contributed by atoms with Gasteiger partial charge in [-0.05, 0) is 77.3 Å². The van der Waals surface area contributed by atoms with Crippen molar-refractivity contribution in [2.24, 2.45) is 11.3 Å². The van der Waals surface area contributed by atoms with Crippen molar-refractivity contribution in [2.45, 2.75) is 71.1 Å². The van der Waals surface area contributed by atoms with Crippen molar-refractivity contribution in [1.82, 2.24) is 9.80 Å². The van der Waals surface area contributed by atoms with Crippen molar-refractivity contribution in [2.75, 3.05) is 20.1 Å². The first kappa shape index (κ1) is 19.9. The molecule has 2 aliphatic carbocycles. The van der Waals surface area contributed by atoms with Crippen molar-refractivity contribution in [3.05, 3.63) is 34.9 Å². The molecular formula is C24H34N2OS. The molecule has 0 spiro atoms. The van der Waals surface area contributed by atoms with Gasteiger partial charge in [0.25, 0.3) is 0 Å². The average molecular weight is 399 g/mol. The van der Waals surface area contributed by atoms with E-state index in [4.69, 9.17) is 12.2 Å². The maximum atomic E-state index is 12.1. The first-order valence-corrected chi connectivity index (χ1v) is 11.3. The summed E-state index contributed by atoms with van der Waals surface area (Å²) in [4.78, 5) is 15.9. The molecule has 152 valence electrons. The van der Waals surface area contributed by atoms with Crippen LogP contribution in [0, 0.1) is 11.3 Å². The Kier molecular flexibility index (Phi) is 4.85. The van der Waals surface area contributed by atoms with Crippen LogP contribution in [-0.4, -0.2) is 41.0 Å². The maximum absolute atomic E-state index is 12.1. The van der Waals surface area contributed by atoms with Crippen LogP contribution < -0.4 is 0 Å². The van der Waals surface area contributed by atoms with E-state index >= 15 is 0 Å². The third kappa shape index (κ3) is 2.99. The number of fused-ring (bicyclic) bond motifs is 3. The van der Waals surface area contributed by atoms with Gasteiger partial charge in [0.2, 0.25) is 5.91 Å². The molecule has 1 aromatic rings. The Morgan fingerprint density at radius 1 is 1.25 bits per heavy atom. The summed E-state index contributed by atoms with van der Waals surface area (Å²) in [6, 6.07) is 7.25. The highest BCUT2D eigenvalue weighted by Crippen LogP contribution is 2.57. The van der Waals surface area contributed by atoms with Crippen LogP contribution in [0.15, 0.2) is 18.2 Å². The number of aryl methyl sites for hydroxylation is 1. The fourth-order valence-electron chi connectivity index (χ4n) is 6.41. The molecule has 1 aliphatic heterocycles. The molecule has 0 N–H and O–H groups in total. The molecule has 0 aromatic heterocycles. The average Bonchev–Trinajstić information content (AvgIpc) is 2.87. The summed E-state index contributed by atoms with van der Waals surface area (Å²) in [5, 5.41) is 0.705. The van der Waals surface area contributed by atoms with Gasteiger partial charge in [0.1, 0.15) is 0 Å². The van der Waals surface area contributed by atoms with Crippen molar-refractivity contribution in [3.63, 3.8) is 0 Å². The number of nitrogens with zero attached hydrogens (tertiary/aromatic N) is 2. The predicted octanol–water partition coefficient (Wildman–Crippen LogP) is 4.88. The fraction of sp³-hybridized carbons (Fsp3) is 0.667. The molecule has 3 aliphatic rings. The van der Waals surface area contributed by atoms with E-state index in [0.717, 1.165) is 6.54 Å². The molecule has 28 heavy (non-hydrogen) atoms. The lowest BCUT2D eigenvalue weighted by atomic mass is 9.49. The summed E-state index contributed by atoms with van der Waals surface area (Å²) in [6.45, 7) is 10.9. The SMILES string of the molecule is CC(C)c1ccc2c(c1)CC[C@H]1[C@](C)(CN3CC(=O)N(C)C3=S)CCC[C@]21C. The predicted molar refractivity (Wildman–Crippen MR) is 119 cm³/mol. The van der Waals surface area contributed by atoms with Crippen LogP contribution in [-0.2, 0) is 16.6 Å². The minimum atomic E-state index is 0.127. The molecule has 0 unspecified atom stereocenters. The first-order valence-electron chi connectivity index (χ1n) is 10.8. The first-order chi connectivity index (χ1) is 13.2. The Balaban J connectivity index is 1.65. The number of thiocarbonyl (C=S) groups is 1. The van der Waals surface area contributed by atoms with Gasteiger partial charge >= 0.3 is 0 Å². The minimum absolute atomic E-state index is 0.127. The van der Waals surface area contributed by atoms with E-state index in [1.165, 1.54) is 37.7 Å². The van der Waals surface area contributed by atoms with Crippen LogP contribution in [0.25, 0.3) is 0 Å². The van der Waals surface area contributed by atoms with Crippen LogP contribution in [0.4, 0.5) is 0 Å². The summed E-state index contributed by atoms with van der Waals surface area (Å²) in [7, 11) is 1.81. The zero-order valence-corrected chi connectivity index (χ0v) is 18.9. The molecule has 2 fully saturated rings. The Labute approximate surface area is 175 Å². The number of hydrogen-bond acceptors (Lipinski definition) is 2. The van der Waals surface area contributed by atoms with Gasteiger partial charge in [-0.25, -0.2) is 0 Å². The maximum Gasteiger partial charge on any atom is 0.248 e. The zero-order chi connectivity index (χ0) is 20.3. The number of hydrogen-bond donors (Lipinski definition) is 0. The summed E-state index contributed by atoms with van der Waals surface area (Å²) >= 11 is 5.57. The Morgan fingerprint density at radius 2 is 2.00 bits per heavy atom. The summed E-state index contributed by atoms with van der Waals surface area (Å²) in [5.41, 5.74) is 5.03. The van der Waals surface area contributed by atoms with Gasteiger partial charge in [-0.1, -0.05) is 52.3 Å². The standard InChI is InChI=1S/C24H34N2OS/c1-16(2)17-7-9-19-18(13-17)8-10-20-23(3,11-6-12-24(19,20)4)15-26-14-21(27)25(5)22(26)28/h7,9,13,16,20H,6,8,10-12,14-15H2,1-5H3/t20-,23-,24+/m0/s1. The number of carbonyl (C=O) groups is 1. The van der Waals surface area contributed by atoms with Crippen molar-refractivity contribution < 1.29 is 4.79 Å². The molecule has 4 heteroatoms. The molecule has 1 amide bonds. The number of amides is 1. The van der Waals surface area contributed by atoms with Gasteiger partial charge in [-0.2, -0.15) is 0 Å². The highest BCUT2D eigenvalue weighted by molar-refractivity contribution is 7.80. The van der Waals surface area contributed by atoms with Gasteiger partial charge in [-0.3, -0.25) is 9.69 Å². The zero-order valence-electron chi connectivity index (χ0n) is 18.0. The smallest absolute Gasteiger partial charge is 0.248 e. The summed E-state index contributed by atoms with van der Waals surface area (Å²) in [6.07, 6.45) is 6.16. The lowest BCUT2D eigenvalue weighted by Crippen LogP contribution is -2.53. The molecule has 1 saturated carbocycles. The van der Waals surface area contributed by atoms with E-state index in [9.17, 15) is 4.79 Å². The summed E-state index contributed by atoms with van der Waals surface area (Å²) < 4.78 is 0. The van der Waals surface area contributed by atoms with E-state index in [0.29, 0.717) is 23.5 Å². The lowest BCUT2D eigenvalue weighted by molar-refractivity contribution is -0.124. The Hall–Kier alpha value is -1.42. The van der Waals surface area contributed by atoms with Gasteiger partial charge in [-0.15, -0.1) is 0 Å². The monoisotopic (exact) mass is 398 g/mol. The molecule has 1 aromatic carbocycles. The van der Waals surface area contributed by atoms with Crippen molar-refractivity contribution in [3.8, 4) is 0 Å². The van der Waals surface area contributed by atoms with E-state index < -0.39 is 0 Å². The lowest BCUT2D eigenvalue weighted by Gasteiger charge is -2.56. The Bertz CT molecular complexity index is 819. The Morgan fingerprint density at radius 3 is 2.64 bits per heavy atom. The van der Waals surface area contributed by atoms with Crippen LogP contribution in [0.2, 0.25) is 0 Å². The van der Waals surface area contributed by atoms with Gasteiger partial charge in [0.15, 0.2) is 5.11 Å². The summed E-state index contributed by atoms with van der Waals surface area (Å²) in [5.74, 6) is 1.34. The molecule has 3 atom stereocenters. The highest BCUT2D eigenvalue weighted by atomic mass is 32.1. The minimum Gasteiger partial charge on any atom is -0.339 e. The van der Waals surface area contributed by atoms with Gasteiger partial charge in [0, 0.05) is 13.6 Å². The van der Waals surface area contributed by atoms with Crippen LogP contribution in [0.1, 0.15) is 76.0 Å². The molecule has 3 nitrogen and oxygen atoms in total. The normalized spacial score (nSPS) is 32.7. The fourth-order valence-corrected chi connectivity index (χ4v) is 6.64. The molecule has 0 radical (unpaired) electrons. The number of likely N-dealkylation sites (N-methyl/N-ethyl adjacent to an activating group) is 1. The van der Waals surface area contributed by atoms with Crippen molar-refractivity contribution in [1.29, 1.82) is 0 Å². The molecule has 0 bridgehead atoms. The van der Waals surface area contributed by atoms with E-state index in [1.807, 2.05) is 0 Å². The second kappa shape index (κ2) is 6.83. The van der Waals surface area contributed by atoms with Crippen LogP contribution >= 0.6 is 12.2 Å². The molecular weight excluding hydrogens is 364 g/mol. The van der Waals surface area contributed by atoms with E-state index in [-0.39, 0.29) is 16.7 Å². The molecule has 1 saturated heterocycles. The topological polar surface area (TPSA) is 23.6 Å². The highest BCUT2D eigenvalue weighted by Gasteiger charge is 2.52. The molecule has 4 rings (SSSR count). The quantitative estimate of drug-likeness (QED) is 0.678. The number of rotatable bonds is 3. The van der Waals surface area contributed by atoms with Crippen molar-refractivity contribution >= 4 is 23.2 Å². The second-order valence-corrected chi connectivity index (χ2v) is 10.5. The van der Waals surface area contributed by atoms with Gasteiger partial charge < -0.3 is 4.90 Å². The number of carbonyl (C=O) groups excluding carboxylic acids is 1. The number of benzene rings is 1. The third-order valence-electron chi connectivity index (χ3n) is 7.98. The van der Waals surface area contributed by atoms with Crippen LogP contribution in [0.3, 0.4) is 0 Å².